The zero-order valence-corrected chi connectivity index (χ0v) is 13.4. The number of benzene rings is 1. The maximum absolute atomic E-state index is 10.2. The molecule has 0 N–H and O–H groups in total. The lowest BCUT2D eigenvalue weighted by Gasteiger charge is -2.29. The minimum atomic E-state index is 0.216. The first-order valence-electron chi connectivity index (χ1n) is 7.14. The van der Waals surface area contributed by atoms with Crippen LogP contribution < -0.4 is 4.74 Å². The highest BCUT2D eigenvalue weighted by Gasteiger charge is 2.23. The summed E-state index contributed by atoms with van der Waals surface area (Å²) in [6.07, 6.45) is 5.44. The third-order valence-electron chi connectivity index (χ3n) is 3.84. The molecule has 0 radical (unpaired) electrons. The van der Waals surface area contributed by atoms with Crippen molar-refractivity contribution >= 4 is 22.2 Å². The fourth-order valence-corrected chi connectivity index (χ4v) is 2.94. The summed E-state index contributed by atoms with van der Waals surface area (Å²) in [6.45, 7) is 2.98. The van der Waals surface area contributed by atoms with Gasteiger partial charge in [0.25, 0.3) is 0 Å². The van der Waals surface area contributed by atoms with Crippen LogP contribution in [0.5, 0.6) is 5.75 Å². The van der Waals surface area contributed by atoms with Crippen molar-refractivity contribution in [2.24, 2.45) is 5.92 Å². The molecule has 1 aromatic rings. The van der Waals surface area contributed by atoms with E-state index in [2.05, 4.69) is 22.9 Å². The largest absolute Gasteiger partial charge is 0.490 e. The van der Waals surface area contributed by atoms with Gasteiger partial charge in [-0.2, -0.15) is 0 Å². The molecule has 1 fully saturated rings. The van der Waals surface area contributed by atoms with E-state index in [1.165, 1.54) is 0 Å². The van der Waals surface area contributed by atoms with Gasteiger partial charge in [0, 0.05) is 16.6 Å². The molecule has 0 saturated heterocycles. The summed E-state index contributed by atoms with van der Waals surface area (Å²) in [6, 6.07) is 6.06. The Balaban J connectivity index is 1.79. The van der Waals surface area contributed by atoms with Crippen LogP contribution in [-0.2, 0) is 9.53 Å². The number of carbonyl (C=O) groups is 1. The van der Waals surface area contributed by atoms with E-state index in [4.69, 9.17) is 9.47 Å². The normalized spacial score (nSPS) is 22.5. The average Bonchev–Trinajstić information content (AvgIpc) is 2.46. The van der Waals surface area contributed by atoms with Crippen molar-refractivity contribution in [2.75, 3.05) is 13.2 Å². The van der Waals surface area contributed by atoms with Gasteiger partial charge >= 0.3 is 0 Å². The van der Waals surface area contributed by atoms with Crippen molar-refractivity contribution in [3.05, 3.63) is 28.2 Å². The average molecular weight is 341 g/mol. The number of ether oxygens (including phenoxy) is 2. The molecule has 0 atom stereocenters. The summed E-state index contributed by atoms with van der Waals surface area (Å²) in [5.41, 5.74) is 1.16. The molecule has 0 amide bonds. The van der Waals surface area contributed by atoms with Crippen LogP contribution in [0.15, 0.2) is 22.7 Å². The number of aldehydes is 1. The van der Waals surface area contributed by atoms with Crippen LogP contribution in [0, 0.1) is 12.8 Å². The van der Waals surface area contributed by atoms with Crippen molar-refractivity contribution in [1.29, 1.82) is 0 Å². The van der Waals surface area contributed by atoms with Crippen LogP contribution in [0.1, 0.15) is 31.2 Å². The van der Waals surface area contributed by atoms with E-state index in [0.717, 1.165) is 47.8 Å². The molecule has 0 heterocycles. The summed E-state index contributed by atoms with van der Waals surface area (Å²) >= 11 is 3.53. The quantitative estimate of drug-likeness (QED) is 0.581. The van der Waals surface area contributed by atoms with E-state index in [1.807, 2.05) is 18.2 Å². The molecule has 3 nitrogen and oxygen atoms in total. The van der Waals surface area contributed by atoms with E-state index in [-0.39, 0.29) is 6.61 Å². The van der Waals surface area contributed by atoms with Gasteiger partial charge in [0.2, 0.25) is 0 Å². The van der Waals surface area contributed by atoms with Gasteiger partial charge in [-0.1, -0.05) is 22.0 Å². The second-order valence-electron chi connectivity index (χ2n) is 5.33. The van der Waals surface area contributed by atoms with E-state index < -0.39 is 0 Å². The molecule has 2 rings (SSSR count). The molecule has 20 heavy (non-hydrogen) atoms. The number of rotatable bonds is 6. The Kier molecular flexibility index (Phi) is 6.05. The predicted molar refractivity (Wildman–Crippen MR) is 82.1 cm³/mol. The third kappa shape index (κ3) is 4.32. The highest BCUT2D eigenvalue weighted by Crippen LogP contribution is 2.31. The molecule has 0 spiro atoms. The standard InChI is InChI=1S/C16H21BrO3/c1-12-15(17)3-2-4-16(12)20-14-7-5-13(6-8-14)11-19-10-9-18/h2-4,9,13-14H,5-8,10-11H2,1H3. The van der Waals surface area contributed by atoms with Gasteiger partial charge in [-0.05, 0) is 50.7 Å². The third-order valence-corrected chi connectivity index (χ3v) is 4.70. The molecule has 1 aliphatic rings. The highest BCUT2D eigenvalue weighted by molar-refractivity contribution is 9.10. The van der Waals surface area contributed by atoms with Crippen molar-refractivity contribution in [2.45, 2.75) is 38.7 Å². The fraction of sp³-hybridized carbons (Fsp3) is 0.562. The lowest BCUT2D eigenvalue weighted by atomic mass is 9.88. The van der Waals surface area contributed by atoms with Gasteiger partial charge in [-0.25, -0.2) is 0 Å². The van der Waals surface area contributed by atoms with Crippen molar-refractivity contribution in [1.82, 2.24) is 0 Å². The minimum absolute atomic E-state index is 0.216. The Morgan fingerprint density at radius 2 is 2.05 bits per heavy atom. The van der Waals surface area contributed by atoms with Crippen LogP contribution in [-0.4, -0.2) is 25.6 Å². The van der Waals surface area contributed by atoms with Crippen molar-refractivity contribution in [3.63, 3.8) is 0 Å². The summed E-state index contributed by atoms with van der Waals surface area (Å²) in [4.78, 5) is 10.2. The Hall–Kier alpha value is -0.870. The zero-order chi connectivity index (χ0) is 14.4. The van der Waals surface area contributed by atoms with Crippen LogP contribution in [0.25, 0.3) is 0 Å². The highest BCUT2D eigenvalue weighted by atomic mass is 79.9. The van der Waals surface area contributed by atoms with Crippen LogP contribution in [0.4, 0.5) is 0 Å². The van der Waals surface area contributed by atoms with Crippen LogP contribution >= 0.6 is 15.9 Å². The van der Waals surface area contributed by atoms with Crippen LogP contribution in [0.2, 0.25) is 0 Å². The molecule has 0 aliphatic heterocycles. The number of hydrogen-bond donors (Lipinski definition) is 0. The smallest absolute Gasteiger partial charge is 0.145 e. The molecule has 1 aliphatic carbocycles. The lowest BCUT2D eigenvalue weighted by molar-refractivity contribution is -0.112. The maximum Gasteiger partial charge on any atom is 0.145 e. The Labute approximate surface area is 128 Å². The molecular formula is C16H21BrO3. The molecule has 0 aromatic heterocycles. The predicted octanol–water partition coefficient (Wildman–Crippen LogP) is 3.91. The summed E-state index contributed by atoms with van der Waals surface area (Å²) in [7, 11) is 0. The van der Waals surface area contributed by atoms with Crippen molar-refractivity contribution < 1.29 is 14.3 Å². The minimum Gasteiger partial charge on any atom is -0.490 e. The zero-order valence-electron chi connectivity index (χ0n) is 11.8. The molecule has 0 unspecified atom stereocenters. The lowest BCUT2D eigenvalue weighted by Crippen LogP contribution is -2.26. The molecule has 4 heteroatoms. The maximum atomic E-state index is 10.2. The van der Waals surface area contributed by atoms with E-state index in [1.54, 1.807) is 0 Å². The number of hydrogen-bond acceptors (Lipinski definition) is 3. The van der Waals surface area contributed by atoms with Crippen LogP contribution in [0.3, 0.4) is 0 Å². The summed E-state index contributed by atoms with van der Waals surface area (Å²) < 4.78 is 12.5. The monoisotopic (exact) mass is 340 g/mol. The molecule has 0 bridgehead atoms. The molecular weight excluding hydrogens is 320 g/mol. The Morgan fingerprint density at radius 1 is 1.30 bits per heavy atom. The van der Waals surface area contributed by atoms with Gasteiger partial charge in [-0.15, -0.1) is 0 Å². The fourth-order valence-electron chi connectivity index (χ4n) is 2.59. The van der Waals surface area contributed by atoms with Gasteiger partial charge in [0.1, 0.15) is 18.6 Å². The Morgan fingerprint density at radius 3 is 2.75 bits per heavy atom. The van der Waals surface area contributed by atoms with Gasteiger partial charge < -0.3 is 14.3 Å². The molecule has 110 valence electrons. The number of halogens is 1. The van der Waals surface area contributed by atoms with E-state index in [9.17, 15) is 4.79 Å². The second kappa shape index (κ2) is 7.79. The SMILES string of the molecule is Cc1c(Br)cccc1OC1CCC(COCC=O)CC1. The van der Waals surface area contributed by atoms with E-state index in [0.29, 0.717) is 18.6 Å². The van der Waals surface area contributed by atoms with Crippen molar-refractivity contribution in [3.8, 4) is 5.75 Å². The first-order valence-corrected chi connectivity index (χ1v) is 7.93. The second-order valence-corrected chi connectivity index (χ2v) is 6.18. The first-order chi connectivity index (χ1) is 9.70. The Bertz CT molecular complexity index is 439. The van der Waals surface area contributed by atoms with Gasteiger partial charge in [0.05, 0.1) is 6.10 Å². The van der Waals surface area contributed by atoms with Gasteiger partial charge in [-0.3, -0.25) is 0 Å². The topological polar surface area (TPSA) is 35.5 Å². The summed E-state index contributed by atoms with van der Waals surface area (Å²) in [5.74, 6) is 1.54. The molecule has 1 saturated carbocycles. The summed E-state index contributed by atoms with van der Waals surface area (Å²) in [5, 5.41) is 0. The van der Waals surface area contributed by atoms with Gasteiger partial charge in [0.15, 0.2) is 0 Å². The number of carbonyl (C=O) groups excluding carboxylic acids is 1. The van der Waals surface area contributed by atoms with E-state index >= 15 is 0 Å². The first kappa shape index (κ1) is 15.5. The molecule has 1 aromatic carbocycles.